The molecule has 7 rings (SSSR count). The first-order valence-electron chi connectivity index (χ1n) is 11.7. The van der Waals surface area contributed by atoms with Crippen LogP contribution >= 0.6 is 0 Å². The van der Waals surface area contributed by atoms with Gasteiger partial charge >= 0.3 is 0 Å². The lowest BCUT2D eigenvalue weighted by atomic mass is 9.63. The molecular weight excluding hydrogens is 414 g/mol. The molecule has 34 heavy (non-hydrogen) atoms. The summed E-state index contributed by atoms with van der Waals surface area (Å²) in [4.78, 5) is 0. The monoisotopic (exact) mass is 437 g/mol. The first-order chi connectivity index (χ1) is 16.8. The molecule has 2 heterocycles. The van der Waals surface area contributed by atoms with Crippen LogP contribution < -0.4 is 0 Å². The van der Waals surface area contributed by atoms with E-state index in [0.29, 0.717) is 0 Å². The quantitative estimate of drug-likeness (QED) is 0.317. The Labute approximate surface area is 198 Å². The summed E-state index contributed by atoms with van der Waals surface area (Å²) >= 11 is 0. The Morgan fingerprint density at radius 3 is 1.94 bits per heavy atom. The van der Waals surface area contributed by atoms with E-state index in [1.54, 1.807) is 0 Å². The number of nitrogens with zero attached hydrogens (tertiary/aromatic N) is 1. The number of hydrogen-bond donors (Lipinski definition) is 1. The summed E-state index contributed by atoms with van der Waals surface area (Å²) in [6, 6.07) is 43.6. The first-order valence-corrected chi connectivity index (χ1v) is 11.7. The number of aromatic nitrogens is 1. The van der Waals surface area contributed by atoms with Crippen LogP contribution in [0.5, 0.6) is 0 Å². The molecule has 1 N–H and O–H groups in total. The molecule has 5 aromatic carbocycles. The van der Waals surface area contributed by atoms with Crippen LogP contribution in [0.25, 0.3) is 27.5 Å². The fraction of sp³-hybridized carbons (Fsp3) is 0.0625. The van der Waals surface area contributed by atoms with Crippen molar-refractivity contribution in [2.24, 2.45) is 0 Å². The van der Waals surface area contributed by atoms with Crippen LogP contribution in [-0.2, 0) is 12.0 Å². The SMILES string of the molecule is OCc1ccc2c(c1)c1cccc3c1n2-c1ccccc1C3(c1ccccc1)c1ccccc1. The van der Waals surface area contributed by atoms with Gasteiger partial charge in [0.05, 0.1) is 28.7 Å². The van der Waals surface area contributed by atoms with Gasteiger partial charge in [0.1, 0.15) is 0 Å². The molecular formula is C32H23NO. The molecule has 0 unspecified atom stereocenters. The fourth-order valence-electron chi connectivity index (χ4n) is 6.06. The Morgan fingerprint density at radius 1 is 0.588 bits per heavy atom. The standard InChI is InChI=1S/C32H23NO/c34-21-22-18-19-29-26(20-22)25-14-9-16-28-31(25)33(29)30-17-8-7-15-27(30)32(28,23-10-3-1-4-11-23)24-12-5-2-6-13-24/h1-20,34H,21H2. The van der Waals surface area contributed by atoms with Crippen molar-refractivity contribution >= 4 is 21.8 Å². The minimum atomic E-state index is -0.442. The summed E-state index contributed by atoms with van der Waals surface area (Å²) in [5.41, 5.74) is 9.16. The lowest BCUT2D eigenvalue weighted by Gasteiger charge is -2.41. The van der Waals surface area contributed by atoms with Gasteiger partial charge in [-0.2, -0.15) is 0 Å². The predicted molar refractivity (Wildman–Crippen MR) is 139 cm³/mol. The second kappa shape index (κ2) is 7.18. The fourth-order valence-corrected chi connectivity index (χ4v) is 6.06. The molecule has 1 aliphatic heterocycles. The van der Waals surface area contributed by atoms with Crippen LogP contribution in [0.1, 0.15) is 27.8 Å². The summed E-state index contributed by atoms with van der Waals surface area (Å²) < 4.78 is 2.42. The van der Waals surface area contributed by atoms with E-state index in [-0.39, 0.29) is 6.61 Å². The molecule has 0 aliphatic carbocycles. The number of hydrogen-bond acceptors (Lipinski definition) is 1. The number of fused-ring (bicyclic) bond motifs is 5. The van der Waals surface area contributed by atoms with Crippen LogP contribution in [-0.4, -0.2) is 9.67 Å². The van der Waals surface area contributed by atoms with Gasteiger partial charge in [-0.25, -0.2) is 0 Å². The Balaban J connectivity index is 1.76. The van der Waals surface area contributed by atoms with Gasteiger partial charge in [0, 0.05) is 10.8 Å². The largest absolute Gasteiger partial charge is 0.392 e. The van der Waals surface area contributed by atoms with E-state index >= 15 is 0 Å². The summed E-state index contributed by atoms with van der Waals surface area (Å²) in [5, 5.41) is 12.2. The van der Waals surface area contributed by atoms with Crippen molar-refractivity contribution in [1.29, 1.82) is 0 Å². The van der Waals surface area contributed by atoms with Gasteiger partial charge < -0.3 is 9.67 Å². The third-order valence-electron chi connectivity index (χ3n) is 7.40. The van der Waals surface area contributed by atoms with Crippen molar-refractivity contribution in [2.75, 3.05) is 0 Å². The van der Waals surface area contributed by atoms with E-state index < -0.39 is 5.41 Å². The topological polar surface area (TPSA) is 25.2 Å². The highest BCUT2D eigenvalue weighted by molar-refractivity contribution is 6.12. The normalized spacial score (nSPS) is 13.8. The van der Waals surface area contributed by atoms with Crippen LogP contribution in [0.4, 0.5) is 0 Å². The van der Waals surface area contributed by atoms with Gasteiger partial charge in [-0.1, -0.05) is 103 Å². The zero-order valence-electron chi connectivity index (χ0n) is 18.6. The average Bonchev–Trinajstić information content (AvgIpc) is 3.25. The van der Waals surface area contributed by atoms with E-state index in [1.807, 2.05) is 6.07 Å². The van der Waals surface area contributed by atoms with E-state index in [9.17, 15) is 5.11 Å². The average molecular weight is 438 g/mol. The van der Waals surface area contributed by atoms with Crippen molar-refractivity contribution in [3.63, 3.8) is 0 Å². The van der Waals surface area contributed by atoms with Gasteiger partial charge in [0.25, 0.3) is 0 Å². The molecule has 2 heteroatoms. The number of rotatable bonds is 3. The summed E-state index contributed by atoms with van der Waals surface area (Å²) in [6.07, 6.45) is 0. The minimum Gasteiger partial charge on any atom is -0.392 e. The molecule has 0 saturated heterocycles. The molecule has 0 radical (unpaired) electrons. The van der Waals surface area contributed by atoms with Crippen molar-refractivity contribution in [1.82, 2.24) is 4.57 Å². The molecule has 1 aliphatic rings. The third-order valence-corrected chi connectivity index (χ3v) is 7.40. The van der Waals surface area contributed by atoms with Crippen molar-refractivity contribution in [2.45, 2.75) is 12.0 Å². The maximum atomic E-state index is 9.83. The van der Waals surface area contributed by atoms with Gasteiger partial charge in [-0.15, -0.1) is 0 Å². The zero-order valence-corrected chi connectivity index (χ0v) is 18.6. The highest BCUT2D eigenvalue weighted by Gasteiger charge is 2.44. The van der Waals surface area contributed by atoms with Crippen LogP contribution in [0.2, 0.25) is 0 Å². The number of aliphatic hydroxyl groups excluding tert-OH is 1. The molecule has 0 spiro atoms. The second-order valence-electron chi connectivity index (χ2n) is 9.05. The molecule has 0 amide bonds. The third kappa shape index (κ3) is 2.38. The molecule has 0 atom stereocenters. The van der Waals surface area contributed by atoms with Crippen LogP contribution in [0.3, 0.4) is 0 Å². The predicted octanol–water partition coefficient (Wildman–Crippen LogP) is 6.97. The maximum Gasteiger partial charge on any atom is 0.0742 e. The maximum absolute atomic E-state index is 9.83. The van der Waals surface area contributed by atoms with E-state index in [2.05, 4.69) is 120 Å². The van der Waals surface area contributed by atoms with Gasteiger partial charge in [-0.3, -0.25) is 0 Å². The van der Waals surface area contributed by atoms with Crippen LogP contribution in [0.15, 0.2) is 121 Å². The summed E-state index contributed by atoms with van der Waals surface area (Å²) in [7, 11) is 0. The van der Waals surface area contributed by atoms with Crippen molar-refractivity contribution in [3.05, 3.63) is 149 Å². The van der Waals surface area contributed by atoms with Crippen LogP contribution in [0, 0.1) is 0 Å². The lowest BCUT2D eigenvalue weighted by molar-refractivity contribution is 0.282. The van der Waals surface area contributed by atoms with Gasteiger partial charge in [0.2, 0.25) is 0 Å². The Bertz CT molecular complexity index is 1640. The van der Waals surface area contributed by atoms with E-state index in [1.165, 1.54) is 49.7 Å². The number of para-hydroxylation sites is 2. The van der Waals surface area contributed by atoms with Crippen molar-refractivity contribution < 1.29 is 5.11 Å². The number of aliphatic hydroxyl groups is 1. The van der Waals surface area contributed by atoms with E-state index in [0.717, 1.165) is 5.56 Å². The summed E-state index contributed by atoms with van der Waals surface area (Å²) in [5.74, 6) is 0. The second-order valence-corrected chi connectivity index (χ2v) is 9.05. The Kier molecular flexibility index (Phi) is 4.08. The Hall–Kier alpha value is -4.14. The van der Waals surface area contributed by atoms with Gasteiger partial charge in [-0.05, 0) is 46.0 Å². The lowest BCUT2D eigenvalue weighted by Crippen LogP contribution is -2.35. The van der Waals surface area contributed by atoms with Crippen molar-refractivity contribution in [3.8, 4) is 5.69 Å². The molecule has 0 bridgehead atoms. The summed E-state index contributed by atoms with van der Waals surface area (Å²) in [6.45, 7) is 0.0386. The minimum absolute atomic E-state index is 0.0386. The highest BCUT2D eigenvalue weighted by Crippen LogP contribution is 2.53. The smallest absolute Gasteiger partial charge is 0.0742 e. The molecule has 0 saturated carbocycles. The molecule has 6 aromatic rings. The molecule has 2 nitrogen and oxygen atoms in total. The first kappa shape index (κ1) is 19.3. The molecule has 0 fully saturated rings. The van der Waals surface area contributed by atoms with E-state index in [4.69, 9.17) is 0 Å². The highest BCUT2D eigenvalue weighted by atomic mass is 16.3. The zero-order chi connectivity index (χ0) is 22.7. The van der Waals surface area contributed by atoms with Gasteiger partial charge in [0.15, 0.2) is 0 Å². The molecule has 1 aromatic heterocycles. The number of benzene rings is 5. The molecule has 162 valence electrons. The Morgan fingerprint density at radius 2 is 1.24 bits per heavy atom.